The van der Waals surface area contributed by atoms with E-state index in [0.717, 1.165) is 23.4 Å². The third-order valence-corrected chi connectivity index (χ3v) is 3.46. The molecular weight excluding hydrogens is 258 g/mol. The number of nitrogens with one attached hydrogen (secondary N) is 1. The molecule has 106 valence electrons. The molecule has 1 atom stereocenters. The highest BCUT2D eigenvalue weighted by Crippen LogP contribution is 2.24. The number of hydrogen-bond donors (Lipinski definition) is 2. The molecule has 0 fully saturated rings. The largest absolute Gasteiger partial charge is 0.328 e. The van der Waals surface area contributed by atoms with Gasteiger partial charge in [-0.05, 0) is 24.1 Å². The molecule has 0 saturated heterocycles. The van der Waals surface area contributed by atoms with Gasteiger partial charge >= 0.3 is 0 Å². The number of benzene rings is 2. The van der Waals surface area contributed by atoms with Crippen LogP contribution in [0, 0.1) is 0 Å². The smallest absolute Gasteiger partial charge is 0.0923 e. The van der Waals surface area contributed by atoms with Gasteiger partial charge in [0, 0.05) is 23.7 Å². The lowest BCUT2D eigenvalue weighted by Crippen LogP contribution is -2.17. The van der Waals surface area contributed by atoms with Crippen molar-refractivity contribution in [1.29, 1.82) is 0 Å². The monoisotopic (exact) mass is 277 g/mol. The Bertz CT molecular complexity index is 697. The number of hydrogen-bond acceptors (Lipinski definition) is 2. The molecule has 0 aliphatic heterocycles. The summed E-state index contributed by atoms with van der Waals surface area (Å²) in [4.78, 5) is 0. The quantitative estimate of drug-likeness (QED) is 0.765. The van der Waals surface area contributed by atoms with Gasteiger partial charge in [-0.2, -0.15) is 5.10 Å². The molecule has 1 unspecified atom stereocenters. The fourth-order valence-electron chi connectivity index (χ4n) is 2.42. The molecule has 3 heteroatoms. The molecule has 0 aliphatic rings. The van der Waals surface area contributed by atoms with Crippen LogP contribution < -0.4 is 5.73 Å². The number of nitrogens with two attached hydrogens (primary N) is 1. The molecule has 0 bridgehead atoms. The average molecular weight is 277 g/mol. The Hall–Kier alpha value is -2.39. The van der Waals surface area contributed by atoms with Crippen LogP contribution >= 0.6 is 0 Å². The van der Waals surface area contributed by atoms with Gasteiger partial charge in [0.05, 0.1) is 5.69 Å². The number of H-pyrrole nitrogens is 1. The van der Waals surface area contributed by atoms with Crippen molar-refractivity contribution in [2.24, 2.45) is 5.73 Å². The van der Waals surface area contributed by atoms with Gasteiger partial charge in [0.25, 0.3) is 0 Å². The van der Waals surface area contributed by atoms with Crippen molar-refractivity contribution in [3.8, 4) is 22.4 Å². The lowest BCUT2D eigenvalue weighted by molar-refractivity contribution is 0.719. The van der Waals surface area contributed by atoms with Crippen LogP contribution in [0.15, 0.2) is 60.7 Å². The van der Waals surface area contributed by atoms with Crippen molar-refractivity contribution in [2.75, 3.05) is 0 Å². The lowest BCUT2D eigenvalue weighted by Gasteiger charge is -2.02. The van der Waals surface area contributed by atoms with Crippen molar-refractivity contribution in [2.45, 2.75) is 19.4 Å². The molecule has 0 radical (unpaired) electrons. The molecule has 0 aliphatic carbocycles. The zero-order valence-electron chi connectivity index (χ0n) is 12.1. The molecule has 0 amide bonds. The minimum Gasteiger partial charge on any atom is -0.328 e. The van der Waals surface area contributed by atoms with Gasteiger partial charge in [-0.25, -0.2) is 0 Å². The van der Waals surface area contributed by atoms with Crippen LogP contribution in [0.25, 0.3) is 22.4 Å². The van der Waals surface area contributed by atoms with Gasteiger partial charge in [-0.3, -0.25) is 5.10 Å². The van der Waals surface area contributed by atoms with Crippen LogP contribution in [0.5, 0.6) is 0 Å². The summed E-state index contributed by atoms with van der Waals surface area (Å²) in [5.41, 5.74) is 11.4. The summed E-state index contributed by atoms with van der Waals surface area (Å²) in [7, 11) is 0. The van der Waals surface area contributed by atoms with Gasteiger partial charge < -0.3 is 5.73 Å². The summed E-state index contributed by atoms with van der Waals surface area (Å²) >= 11 is 0. The molecule has 0 spiro atoms. The summed E-state index contributed by atoms with van der Waals surface area (Å²) in [6.07, 6.45) is 0.815. The van der Waals surface area contributed by atoms with Crippen LogP contribution in [-0.2, 0) is 6.42 Å². The van der Waals surface area contributed by atoms with Crippen molar-refractivity contribution in [3.05, 3.63) is 66.4 Å². The molecule has 3 aromatic rings. The second-order valence-corrected chi connectivity index (χ2v) is 5.40. The van der Waals surface area contributed by atoms with E-state index < -0.39 is 0 Å². The molecule has 2 aromatic carbocycles. The third kappa shape index (κ3) is 3.20. The Morgan fingerprint density at radius 1 is 0.952 bits per heavy atom. The van der Waals surface area contributed by atoms with Crippen LogP contribution in [-0.4, -0.2) is 16.2 Å². The predicted octanol–water partition coefficient (Wildman–Crippen LogP) is 3.63. The van der Waals surface area contributed by atoms with E-state index in [1.165, 1.54) is 11.1 Å². The maximum atomic E-state index is 5.81. The van der Waals surface area contributed by atoms with E-state index in [1.807, 2.05) is 13.0 Å². The molecule has 3 nitrogen and oxygen atoms in total. The van der Waals surface area contributed by atoms with E-state index in [9.17, 15) is 0 Å². The first-order chi connectivity index (χ1) is 10.2. The highest BCUT2D eigenvalue weighted by molar-refractivity contribution is 5.68. The average Bonchev–Trinajstić information content (AvgIpc) is 2.96. The second-order valence-electron chi connectivity index (χ2n) is 5.40. The topological polar surface area (TPSA) is 54.7 Å². The molecular formula is C18H19N3. The van der Waals surface area contributed by atoms with E-state index in [1.54, 1.807) is 0 Å². The van der Waals surface area contributed by atoms with Gasteiger partial charge in [0.2, 0.25) is 0 Å². The van der Waals surface area contributed by atoms with E-state index >= 15 is 0 Å². The molecule has 21 heavy (non-hydrogen) atoms. The molecule has 1 aromatic heterocycles. The van der Waals surface area contributed by atoms with E-state index in [-0.39, 0.29) is 6.04 Å². The van der Waals surface area contributed by atoms with Crippen molar-refractivity contribution in [3.63, 3.8) is 0 Å². The SMILES string of the molecule is CC(N)Cc1cc(-c2ccc(-c3ccccc3)cc2)n[nH]1. The second kappa shape index (κ2) is 5.94. The van der Waals surface area contributed by atoms with Crippen LogP contribution in [0.3, 0.4) is 0 Å². The first-order valence-electron chi connectivity index (χ1n) is 7.18. The fraction of sp³-hybridized carbons (Fsp3) is 0.167. The van der Waals surface area contributed by atoms with Gasteiger partial charge in [0.1, 0.15) is 0 Å². The van der Waals surface area contributed by atoms with E-state index in [4.69, 9.17) is 5.73 Å². The summed E-state index contributed by atoms with van der Waals surface area (Å²) in [5, 5.41) is 7.41. The molecule has 1 heterocycles. The normalized spacial score (nSPS) is 12.3. The first kappa shape index (κ1) is 13.6. The summed E-state index contributed by atoms with van der Waals surface area (Å²) in [5.74, 6) is 0. The minimum absolute atomic E-state index is 0.138. The van der Waals surface area contributed by atoms with Gasteiger partial charge in [-0.1, -0.05) is 54.6 Å². The van der Waals surface area contributed by atoms with Crippen LogP contribution in [0.4, 0.5) is 0 Å². The molecule has 3 N–H and O–H groups in total. The fourth-order valence-corrected chi connectivity index (χ4v) is 2.42. The highest BCUT2D eigenvalue weighted by Gasteiger charge is 2.06. The maximum Gasteiger partial charge on any atom is 0.0923 e. The van der Waals surface area contributed by atoms with E-state index in [2.05, 4.69) is 64.8 Å². The molecule has 0 saturated carbocycles. The highest BCUT2D eigenvalue weighted by atomic mass is 15.1. The Balaban J connectivity index is 1.82. The first-order valence-corrected chi connectivity index (χ1v) is 7.18. The maximum absolute atomic E-state index is 5.81. The van der Waals surface area contributed by atoms with Crippen molar-refractivity contribution in [1.82, 2.24) is 10.2 Å². The number of aromatic nitrogens is 2. The van der Waals surface area contributed by atoms with E-state index in [0.29, 0.717) is 0 Å². The standard InChI is InChI=1S/C18H19N3/c1-13(19)11-17-12-18(21-20-17)16-9-7-15(8-10-16)14-5-3-2-4-6-14/h2-10,12-13H,11,19H2,1H3,(H,20,21). The summed E-state index contributed by atoms with van der Waals surface area (Å²) in [6.45, 7) is 2.00. The Kier molecular flexibility index (Phi) is 3.84. The number of nitrogens with zero attached hydrogens (tertiary/aromatic N) is 1. The third-order valence-electron chi connectivity index (χ3n) is 3.46. The van der Waals surface area contributed by atoms with Crippen LogP contribution in [0.1, 0.15) is 12.6 Å². The van der Waals surface area contributed by atoms with Crippen LogP contribution in [0.2, 0.25) is 0 Å². The van der Waals surface area contributed by atoms with Gasteiger partial charge in [-0.15, -0.1) is 0 Å². The Labute approximate surface area is 124 Å². The van der Waals surface area contributed by atoms with Crippen molar-refractivity contribution < 1.29 is 0 Å². The predicted molar refractivity (Wildman–Crippen MR) is 86.8 cm³/mol. The summed E-state index contributed by atoms with van der Waals surface area (Å²) in [6, 6.07) is 21.0. The van der Waals surface area contributed by atoms with Gasteiger partial charge in [0.15, 0.2) is 0 Å². The molecule has 3 rings (SSSR count). The Morgan fingerprint density at radius 2 is 1.57 bits per heavy atom. The minimum atomic E-state index is 0.138. The lowest BCUT2D eigenvalue weighted by atomic mass is 10.0. The Morgan fingerprint density at radius 3 is 2.24 bits per heavy atom. The zero-order valence-corrected chi connectivity index (χ0v) is 12.1. The summed E-state index contributed by atoms with van der Waals surface area (Å²) < 4.78 is 0. The number of aromatic amines is 1. The zero-order chi connectivity index (χ0) is 14.7. The van der Waals surface area contributed by atoms with Crippen molar-refractivity contribution >= 4 is 0 Å². The number of rotatable bonds is 4.